The number of benzene rings is 1. The number of hydrogen-bond acceptors (Lipinski definition) is 2. The van der Waals surface area contributed by atoms with Crippen molar-refractivity contribution in [3.63, 3.8) is 0 Å². The van der Waals surface area contributed by atoms with Crippen molar-refractivity contribution in [2.75, 3.05) is 11.9 Å². The van der Waals surface area contributed by atoms with E-state index in [1.807, 2.05) is 0 Å². The fourth-order valence-electron chi connectivity index (χ4n) is 3.95. The van der Waals surface area contributed by atoms with Gasteiger partial charge in [-0.25, -0.2) is 4.79 Å². The summed E-state index contributed by atoms with van der Waals surface area (Å²) in [4.78, 5) is 11.8. The van der Waals surface area contributed by atoms with Crippen LogP contribution in [0.15, 0.2) is 24.3 Å². The number of anilines is 1. The van der Waals surface area contributed by atoms with Crippen LogP contribution < -0.4 is 10.6 Å². The summed E-state index contributed by atoms with van der Waals surface area (Å²) in [6, 6.07) is 6.31. The number of amides is 2. The van der Waals surface area contributed by atoms with Crippen molar-refractivity contribution >= 4 is 11.7 Å². The molecule has 3 N–H and O–H groups in total. The van der Waals surface area contributed by atoms with E-state index >= 15 is 0 Å². The molecule has 0 saturated carbocycles. The Kier molecular flexibility index (Phi) is 17.8. The van der Waals surface area contributed by atoms with E-state index < -0.39 is 0 Å². The second-order valence-electron chi connectivity index (χ2n) is 8.94. The summed E-state index contributed by atoms with van der Waals surface area (Å²) >= 11 is 0. The molecule has 0 aliphatic carbocycles. The van der Waals surface area contributed by atoms with Crippen molar-refractivity contribution in [3.8, 4) is 5.75 Å². The third kappa shape index (κ3) is 17.6. The first-order valence-electron chi connectivity index (χ1n) is 13.1. The van der Waals surface area contributed by atoms with Crippen LogP contribution in [-0.4, -0.2) is 17.7 Å². The SMILES string of the molecule is CCCCCCCCCCCCCCCCCCCCNC(=O)Nc1ccc(O)cc1. The van der Waals surface area contributed by atoms with Crippen LogP contribution in [0.4, 0.5) is 10.5 Å². The Morgan fingerprint density at radius 2 is 1.03 bits per heavy atom. The molecule has 31 heavy (non-hydrogen) atoms. The van der Waals surface area contributed by atoms with Crippen molar-refractivity contribution in [1.29, 1.82) is 0 Å². The predicted octanol–water partition coefficient (Wildman–Crippen LogP) is 8.56. The molecule has 0 aromatic heterocycles. The molecule has 0 heterocycles. The Morgan fingerprint density at radius 3 is 1.45 bits per heavy atom. The fraction of sp³-hybridized carbons (Fsp3) is 0.741. The summed E-state index contributed by atoms with van der Waals surface area (Å²) in [6.07, 6.45) is 24.6. The zero-order chi connectivity index (χ0) is 22.4. The molecular formula is C27H48N2O2. The van der Waals surface area contributed by atoms with Gasteiger partial charge in [-0.05, 0) is 30.7 Å². The van der Waals surface area contributed by atoms with E-state index in [0.29, 0.717) is 12.2 Å². The van der Waals surface area contributed by atoms with Crippen molar-refractivity contribution < 1.29 is 9.90 Å². The van der Waals surface area contributed by atoms with Gasteiger partial charge in [-0.3, -0.25) is 0 Å². The molecule has 0 bridgehead atoms. The Balaban J connectivity index is 1.75. The maximum Gasteiger partial charge on any atom is 0.319 e. The lowest BCUT2D eigenvalue weighted by molar-refractivity contribution is 0.252. The third-order valence-electron chi connectivity index (χ3n) is 5.94. The van der Waals surface area contributed by atoms with Gasteiger partial charge < -0.3 is 15.7 Å². The monoisotopic (exact) mass is 432 g/mol. The molecule has 4 nitrogen and oxygen atoms in total. The van der Waals surface area contributed by atoms with Crippen LogP contribution in [0.2, 0.25) is 0 Å². The Labute approximate surface area is 191 Å². The quantitative estimate of drug-likeness (QED) is 0.143. The number of phenols is 1. The molecule has 2 amide bonds. The highest BCUT2D eigenvalue weighted by molar-refractivity contribution is 5.89. The highest BCUT2D eigenvalue weighted by Gasteiger charge is 2.01. The smallest absolute Gasteiger partial charge is 0.319 e. The number of unbranched alkanes of at least 4 members (excludes halogenated alkanes) is 17. The fourth-order valence-corrected chi connectivity index (χ4v) is 3.95. The average Bonchev–Trinajstić information content (AvgIpc) is 2.77. The lowest BCUT2D eigenvalue weighted by atomic mass is 10.0. The Morgan fingerprint density at radius 1 is 0.645 bits per heavy atom. The van der Waals surface area contributed by atoms with Crippen molar-refractivity contribution in [3.05, 3.63) is 24.3 Å². The second kappa shape index (κ2) is 20.2. The third-order valence-corrected chi connectivity index (χ3v) is 5.94. The molecule has 1 rings (SSSR count). The summed E-state index contributed by atoms with van der Waals surface area (Å²) in [6.45, 7) is 2.99. The zero-order valence-electron chi connectivity index (χ0n) is 20.1. The molecule has 0 spiro atoms. The maximum atomic E-state index is 11.8. The highest BCUT2D eigenvalue weighted by Crippen LogP contribution is 2.15. The molecule has 1 aromatic rings. The van der Waals surface area contributed by atoms with Crippen molar-refractivity contribution in [1.82, 2.24) is 5.32 Å². The Hall–Kier alpha value is -1.71. The lowest BCUT2D eigenvalue weighted by Crippen LogP contribution is -2.29. The van der Waals surface area contributed by atoms with Crippen LogP contribution >= 0.6 is 0 Å². The van der Waals surface area contributed by atoms with Gasteiger partial charge in [0.25, 0.3) is 0 Å². The molecule has 0 radical (unpaired) electrons. The number of hydrogen-bond donors (Lipinski definition) is 3. The predicted molar refractivity (Wildman–Crippen MR) is 134 cm³/mol. The standard InChI is InChI=1S/C27H48N2O2/c1-2-3-4-5-6-7-8-9-10-11-12-13-14-15-16-17-18-19-24-28-27(31)29-25-20-22-26(30)23-21-25/h20-23,30H,2-19,24H2,1H3,(H2,28,29,31). The van der Waals surface area contributed by atoms with Gasteiger partial charge in [0, 0.05) is 12.2 Å². The van der Waals surface area contributed by atoms with Gasteiger partial charge in [0.2, 0.25) is 0 Å². The highest BCUT2D eigenvalue weighted by atomic mass is 16.3. The van der Waals surface area contributed by atoms with Crippen LogP contribution in [0.25, 0.3) is 0 Å². The van der Waals surface area contributed by atoms with Gasteiger partial charge in [-0.1, -0.05) is 116 Å². The van der Waals surface area contributed by atoms with Crippen LogP contribution in [0, 0.1) is 0 Å². The average molecular weight is 433 g/mol. The number of phenolic OH excluding ortho intramolecular Hbond substituents is 1. The first-order valence-corrected chi connectivity index (χ1v) is 13.1. The van der Waals surface area contributed by atoms with Gasteiger partial charge in [0.05, 0.1) is 0 Å². The van der Waals surface area contributed by atoms with E-state index in [4.69, 9.17) is 0 Å². The number of carbonyl (C=O) groups is 1. The van der Waals surface area contributed by atoms with Crippen LogP contribution in [0.3, 0.4) is 0 Å². The molecule has 0 atom stereocenters. The van der Waals surface area contributed by atoms with E-state index in [0.717, 1.165) is 6.42 Å². The number of carbonyl (C=O) groups excluding carboxylic acids is 1. The molecule has 0 aliphatic rings. The lowest BCUT2D eigenvalue weighted by Gasteiger charge is -2.07. The number of urea groups is 1. The van der Waals surface area contributed by atoms with Gasteiger partial charge in [0.1, 0.15) is 5.75 Å². The molecule has 1 aromatic carbocycles. The van der Waals surface area contributed by atoms with Crippen molar-refractivity contribution in [2.24, 2.45) is 0 Å². The topological polar surface area (TPSA) is 61.4 Å². The zero-order valence-corrected chi connectivity index (χ0v) is 20.1. The first kappa shape index (κ1) is 27.3. The van der Waals surface area contributed by atoms with E-state index in [-0.39, 0.29) is 11.8 Å². The van der Waals surface area contributed by atoms with E-state index in [1.54, 1.807) is 24.3 Å². The molecule has 0 saturated heterocycles. The normalized spacial score (nSPS) is 10.9. The number of nitrogens with one attached hydrogen (secondary N) is 2. The summed E-state index contributed by atoms with van der Waals surface area (Å²) in [7, 11) is 0. The second-order valence-corrected chi connectivity index (χ2v) is 8.94. The Bertz CT molecular complexity index is 531. The van der Waals surface area contributed by atoms with Crippen LogP contribution in [0.5, 0.6) is 5.75 Å². The van der Waals surface area contributed by atoms with Gasteiger partial charge in [-0.15, -0.1) is 0 Å². The largest absolute Gasteiger partial charge is 0.508 e. The molecular weight excluding hydrogens is 384 g/mol. The number of rotatable bonds is 20. The van der Waals surface area contributed by atoms with Crippen LogP contribution in [-0.2, 0) is 0 Å². The van der Waals surface area contributed by atoms with E-state index in [2.05, 4.69) is 17.6 Å². The summed E-state index contributed by atoms with van der Waals surface area (Å²) in [5.74, 6) is 0.199. The molecule has 0 fully saturated rings. The minimum atomic E-state index is -0.183. The minimum absolute atomic E-state index is 0.183. The molecule has 178 valence electrons. The molecule has 0 aliphatic heterocycles. The van der Waals surface area contributed by atoms with Crippen molar-refractivity contribution in [2.45, 2.75) is 122 Å². The number of aromatic hydroxyl groups is 1. The van der Waals surface area contributed by atoms with Gasteiger partial charge >= 0.3 is 6.03 Å². The summed E-state index contributed by atoms with van der Waals surface area (Å²) in [5.41, 5.74) is 0.688. The van der Waals surface area contributed by atoms with Gasteiger partial charge in [-0.2, -0.15) is 0 Å². The minimum Gasteiger partial charge on any atom is -0.508 e. The van der Waals surface area contributed by atoms with Crippen LogP contribution in [0.1, 0.15) is 122 Å². The maximum absolute atomic E-state index is 11.8. The summed E-state index contributed by atoms with van der Waals surface area (Å²) in [5, 5.41) is 14.9. The molecule has 0 unspecified atom stereocenters. The molecule has 4 heteroatoms. The first-order chi connectivity index (χ1) is 15.2. The van der Waals surface area contributed by atoms with E-state index in [1.165, 1.54) is 109 Å². The van der Waals surface area contributed by atoms with E-state index in [9.17, 15) is 9.90 Å². The summed E-state index contributed by atoms with van der Waals surface area (Å²) < 4.78 is 0. The van der Waals surface area contributed by atoms with Gasteiger partial charge in [0.15, 0.2) is 0 Å².